The normalized spacial score (nSPS) is 12.8. The van der Waals surface area contributed by atoms with Gasteiger partial charge in [0.1, 0.15) is 29.0 Å². The van der Waals surface area contributed by atoms with Crippen LogP contribution < -0.4 is 16.3 Å². The van der Waals surface area contributed by atoms with Crippen molar-refractivity contribution in [1.29, 1.82) is 0 Å². The van der Waals surface area contributed by atoms with Crippen molar-refractivity contribution < 1.29 is 28.3 Å². The van der Waals surface area contributed by atoms with E-state index in [-0.39, 0.29) is 25.7 Å². The van der Waals surface area contributed by atoms with Gasteiger partial charge in [-0.1, -0.05) is 37.3 Å². The zero-order chi connectivity index (χ0) is 28.3. The van der Waals surface area contributed by atoms with E-state index in [2.05, 4.69) is 10.6 Å². The Labute approximate surface area is 225 Å². The van der Waals surface area contributed by atoms with Crippen LogP contribution in [0.2, 0.25) is 0 Å². The van der Waals surface area contributed by atoms with Gasteiger partial charge in [-0.3, -0.25) is 9.59 Å². The minimum Gasteiger partial charge on any atom is -0.480 e. The van der Waals surface area contributed by atoms with Crippen LogP contribution in [-0.4, -0.2) is 35.0 Å². The Morgan fingerprint density at radius 2 is 1.56 bits per heavy atom. The second kappa shape index (κ2) is 11.6. The largest absolute Gasteiger partial charge is 0.480 e. The zero-order valence-electron chi connectivity index (χ0n) is 22.4. The highest BCUT2D eigenvalue weighted by molar-refractivity contribution is 5.97. The lowest BCUT2D eigenvalue weighted by molar-refractivity contribution is -0.142. The quantitative estimate of drug-likeness (QED) is 0.261. The van der Waals surface area contributed by atoms with Crippen molar-refractivity contribution in [2.45, 2.75) is 65.5 Å². The molecule has 2 aromatic heterocycles. The highest BCUT2D eigenvalue weighted by Crippen LogP contribution is 2.31. The number of carbonyl (C=O) groups excluding carboxylic acids is 2. The molecule has 204 valence electrons. The molecule has 2 atom stereocenters. The van der Waals surface area contributed by atoms with Crippen LogP contribution in [-0.2, 0) is 27.2 Å². The van der Waals surface area contributed by atoms with Crippen molar-refractivity contribution in [3.8, 4) is 0 Å². The van der Waals surface area contributed by atoms with E-state index in [0.717, 1.165) is 33.2 Å². The van der Waals surface area contributed by atoms with Crippen LogP contribution in [0.15, 0.2) is 56.1 Å². The number of hydrogen-bond donors (Lipinski definition) is 3. The summed E-state index contributed by atoms with van der Waals surface area (Å²) in [5, 5.41) is 16.5. The predicted molar refractivity (Wildman–Crippen MR) is 147 cm³/mol. The van der Waals surface area contributed by atoms with Gasteiger partial charge < -0.3 is 24.6 Å². The van der Waals surface area contributed by atoms with Gasteiger partial charge in [-0.05, 0) is 56.4 Å². The highest BCUT2D eigenvalue weighted by Gasteiger charge is 2.26. The van der Waals surface area contributed by atoms with Gasteiger partial charge in [-0.15, -0.1) is 0 Å². The SMILES string of the molecule is CCC(NC(=O)CCc1c(C)c2cc3c(C)c(C)oc3cc2oc1=O)C(=O)N[C@@H](Cc1ccccc1)C(=O)O. The zero-order valence-corrected chi connectivity index (χ0v) is 22.4. The number of rotatable bonds is 10. The summed E-state index contributed by atoms with van der Waals surface area (Å²) in [5.41, 5.74) is 3.43. The number of benzene rings is 2. The predicted octanol–water partition coefficient (Wildman–Crippen LogP) is 4.10. The molecule has 2 heterocycles. The van der Waals surface area contributed by atoms with Crippen LogP contribution >= 0.6 is 0 Å². The van der Waals surface area contributed by atoms with Crippen LogP contribution in [0.1, 0.15) is 47.8 Å². The molecule has 0 bridgehead atoms. The van der Waals surface area contributed by atoms with E-state index in [4.69, 9.17) is 8.83 Å². The molecule has 0 radical (unpaired) electrons. The topological polar surface area (TPSA) is 139 Å². The first-order chi connectivity index (χ1) is 18.6. The molecule has 0 aliphatic heterocycles. The van der Waals surface area contributed by atoms with E-state index in [9.17, 15) is 24.3 Å². The molecule has 2 aromatic carbocycles. The number of aryl methyl sites for hydroxylation is 3. The number of carboxylic acids is 1. The maximum atomic E-state index is 12.8. The van der Waals surface area contributed by atoms with Crippen LogP contribution in [0.25, 0.3) is 21.9 Å². The third-order valence-electron chi connectivity index (χ3n) is 7.14. The van der Waals surface area contributed by atoms with Crippen molar-refractivity contribution in [2.75, 3.05) is 0 Å². The average Bonchev–Trinajstić information content (AvgIpc) is 3.18. The molecule has 4 rings (SSSR count). The minimum atomic E-state index is -1.16. The summed E-state index contributed by atoms with van der Waals surface area (Å²) in [7, 11) is 0. The number of carbonyl (C=O) groups is 3. The Morgan fingerprint density at radius 3 is 2.23 bits per heavy atom. The number of nitrogens with one attached hydrogen (secondary N) is 2. The van der Waals surface area contributed by atoms with Gasteiger partial charge in [-0.25, -0.2) is 9.59 Å². The fraction of sp³-hybridized carbons (Fsp3) is 0.333. The van der Waals surface area contributed by atoms with Gasteiger partial charge in [0.25, 0.3) is 0 Å². The van der Waals surface area contributed by atoms with Gasteiger partial charge in [0, 0.05) is 35.2 Å². The lowest BCUT2D eigenvalue weighted by atomic mass is 10.00. The minimum absolute atomic E-state index is 0.0423. The van der Waals surface area contributed by atoms with Crippen molar-refractivity contribution in [1.82, 2.24) is 10.6 Å². The molecule has 0 spiro atoms. The Morgan fingerprint density at radius 1 is 0.897 bits per heavy atom. The lowest BCUT2D eigenvalue weighted by Crippen LogP contribution is -2.52. The third-order valence-corrected chi connectivity index (χ3v) is 7.14. The standard InChI is InChI=1S/C30H32N2O7/c1-5-23(28(34)32-24(29(35)36)13-19-9-7-6-8-10-19)31-27(33)12-11-20-17(3)22-14-21-16(2)18(4)38-25(21)15-26(22)39-30(20)37/h6-10,14-15,23-24H,5,11-13H2,1-4H3,(H,31,33)(H,32,34)(H,35,36)/t23?,24-/m0/s1. The summed E-state index contributed by atoms with van der Waals surface area (Å²) in [4.78, 5) is 50.1. The molecule has 9 nitrogen and oxygen atoms in total. The maximum absolute atomic E-state index is 12.8. The van der Waals surface area contributed by atoms with E-state index in [0.29, 0.717) is 16.7 Å². The molecule has 0 saturated carbocycles. The summed E-state index contributed by atoms with van der Waals surface area (Å²) in [6, 6.07) is 10.6. The first kappa shape index (κ1) is 27.6. The molecule has 0 fully saturated rings. The first-order valence-electron chi connectivity index (χ1n) is 12.9. The molecular formula is C30H32N2O7. The Hall–Kier alpha value is -4.40. The number of amides is 2. The van der Waals surface area contributed by atoms with Crippen LogP contribution in [0.5, 0.6) is 0 Å². The van der Waals surface area contributed by atoms with Gasteiger partial charge in [0.15, 0.2) is 0 Å². The summed E-state index contributed by atoms with van der Waals surface area (Å²) >= 11 is 0. The monoisotopic (exact) mass is 532 g/mol. The molecule has 1 unspecified atom stereocenters. The lowest BCUT2D eigenvalue weighted by Gasteiger charge is -2.20. The molecule has 2 amide bonds. The second-order valence-corrected chi connectivity index (χ2v) is 9.74. The fourth-order valence-corrected chi connectivity index (χ4v) is 4.69. The number of carboxylic acid groups (broad SMARTS) is 1. The average molecular weight is 533 g/mol. The molecule has 39 heavy (non-hydrogen) atoms. The fourth-order valence-electron chi connectivity index (χ4n) is 4.69. The van der Waals surface area contributed by atoms with Gasteiger partial charge in [0.05, 0.1) is 0 Å². The van der Waals surface area contributed by atoms with E-state index < -0.39 is 35.5 Å². The molecule has 3 N–H and O–H groups in total. The molecular weight excluding hydrogens is 500 g/mol. The van der Waals surface area contributed by atoms with Crippen molar-refractivity contribution in [2.24, 2.45) is 0 Å². The number of fused-ring (bicyclic) bond motifs is 2. The number of hydrogen-bond acceptors (Lipinski definition) is 6. The third kappa shape index (κ3) is 6.03. The first-order valence-corrected chi connectivity index (χ1v) is 12.9. The smallest absolute Gasteiger partial charge is 0.339 e. The summed E-state index contributed by atoms with van der Waals surface area (Å²) in [6.45, 7) is 7.39. The summed E-state index contributed by atoms with van der Waals surface area (Å²) < 4.78 is 11.3. The Bertz CT molecular complexity index is 1600. The van der Waals surface area contributed by atoms with Gasteiger partial charge in [-0.2, -0.15) is 0 Å². The molecule has 0 saturated heterocycles. The number of furan rings is 1. The van der Waals surface area contributed by atoms with Crippen LogP contribution in [0.3, 0.4) is 0 Å². The molecule has 0 aliphatic carbocycles. The van der Waals surface area contributed by atoms with Crippen molar-refractivity contribution in [3.63, 3.8) is 0 Å². The summed E-state index contributed by atoms with van der Waals surface area (Å²) in [6.07, 6.45) is 0.472. The van der Waals surface area contributed by atoms with E-state index in [1.165, 1.54) is 0 Å². The van der Waals surface area contributed by atoms with Gasteiger partial charge in [0.2, 0.25) is 11.8 Å². The highest BCUT2D eigenvalue weighted by atomic mass is 16.4. The van der Waals surface area contributed by atoms with E-state index >= 15 is 0 Å². The Balaban J connectivity index is 1.44. The second-order valence-electron chi connectivity index (χ2n) is 9.74. The van der Waals surface area contributed by atoms with Crippen molar-refractivity contribution in [3.05, 3.63) is 80.9 Å². The van der Waals surface area contributed by atoms with Crippen molar-refractivity contribution >= 4 is 39.7 Å². The maximum Gasteiger partial charge on any atom is 0.339 e. The van der Waals surface area contributed by atoms with Crippen LogP contribution in [0.4, 0.5) is 0 Å². The van der Waals surface area contributed by atoms with Gasteiger partial charge >= 0.3 is 11.6 Å². The molecule has 4 aromatic rings. The van der Waals surface area contributed by atoms with E-state index in [1.807, 2.05) is 32.9 Å². The number of aliphatic carboxylic acids is 1. The molecule has 9 heteroatoms. The Kier molecular flexibility index (Phi) is 8.18. The van der Waals surface area contributed by atoms with Crippen LogP contribution in [0, 0.1) is 20.8 Å². The van der Waals surface area contributed by atoms with E-state index in [1.54, 1.807) is 37.3 Å². The summed E-state index contributed by atoms with van der Waals surface area (Å²) in [5.74, 6) is -1.38. The molecule has 0 aliphatic rings.